The molecule has 1 N–H and O–H groups in total. The molecule has 168 valence electrons. The minimum Gasteiger partial charge on any atom is -0.381 e. The highest BCUT2D eigenvalue weighted by Gasteiger charge is 2.33. The maximum Gasteiger partial charge on any atom is 0.194 e. The van der Waals surface area contributed by atoms with Crippen molar-refractivity contribution in [3.63, 3.8) is 0 Å². The van der Waals surface area contributed by atoms with Gasteiger partial charge in [0.2, 0.25) is 0 Å². The fourth-order valence-corrected chi connectivity index (χ4v) is 4.60. The highest BCUT2D eigenvalue weighted by Crippen LogP contribution is 2.25. The van der Waals surface area contributed by atoms with Gasteiger partial charge in [-0.05, 0) is 23.3 Å². The molecule has 2 aromatic carbocycles. The van der Waals surface area contributed by atoms with E-state index in [-0.39, 0.29) is 5.60 Å². The molecule has 0 radical (unpaired) electrons. The van der Waals surface area contributed by atoms with E-state index in [2.05, 4.69) is 64.5 Å². The SMILES string of the molecule is CCNC(=NCC1(OC)CCOCC1)N1CCN(Cc2cccc3ccccc23)CC1. The van der Waals surface area contributed by atoms with Crippen molar-refractivity contribution in [1.82, 2.24) is 15.1 Å². The molecule has 4 rings (SSSR count). The first-order chi connectivity index (χ1) is 15.2. The highest BCUT2D eigenvalue weighted by atomic mass is 16.5. The molecule has 2 aliphatic heterocycles. The molecule has 2 saturated heterocycles. The molecule has 0 atom stereocenters. The molecule has 0 aliphatic carbocycles. The van der Waals surface area contributed by atoms with E-state index >= 15 is 0 Å². The summed E-state index contributed by atoms with van der Waals surface area (Å²) in [7, 11) is 1.81. The van der Waals surface area contributed by atoms with Crippen molar-refractivity contribution in [2.75, 3.05) is 59.6 Å². The molecule has 0 aromatic heterocycles. The molecule has 6 nitrogen and oxygen atoms in total. The van der Waals surface area contributed by atoms with Gasteiger partial charge >= 0.3 is 0 Å². The molecule has 0 spiro atoms. The quantitative estimate of drug-likeness (QED) is 0.570. The third kappa shape index (κ3) is 5.37. The van der Waals surface area contributed by atoms with Crippen molar-refractivity contribution in [3.8, 4) is 0 Å². The zero-order valence-corrected chi connectivity index (χ0v) is 19.0. The van der Waals surface area contributed by atoms with E-state index in [1.54, 1.807) is 7.11 Å². The summed E-state index contributed by atoms with van der Waals surface area (Å²) >= 11 is 0. The zero-order chi connectivity index (χ0) is 21.5. The smallest absolute Gasteiger partial charge is 0.194 e. The maximum atomic E-state index is 5.87. The topological polar surface area (TPSA) is 49.3 Å². The van der Waals surface area contributed by atoms with E-state index < -0.39 is 0 Å². The second-order valence-electron chi connectivity index (χ2n) is 8.57. The second kappa shape index (κ2) is 10.4. The van der Waals surface area contributed by atoms with Crippen LogP contribution in [0.25, 0.3) is 10.8 Å². The molecule has 6 heteroatoms. The third-order valence-electron chi connectivity index (χ3n) is 6.63. The third-order valence-corrected chi connectivity index (χ3v) is 6.63. The molecule has 2 heterocycles. The molecular formula is C25H36N4O2. The van der Waals surface area contributed by atoms with E-state index in [0.717, 1.165) is 71.3 Å². The van der Waals surface area contributed by atoms with Crippen molar-refractivity contribution in [1.29, 1.82) is 0 Å². The van der Waals surface area contributed by atoms with Gasteiger partial charge in [0.1, 0.15) is 0 Å². The van der Waals surface area contributed by atoms with Crippen LogP contribution in [-0.2, 0) is 16.0 Å². The average molecular weight is 425 g/mol. The standard InChI is InChI=1S/C25H36N4O2/c1-3-26-24(27-20-25(30-2)11-17-31-18-12-25)29-15-13-28(14-16-29)19-22-9-6-8-21-7-4-5-10-23(21)22/h4-10H,3,11-20H2,1-2H3,(H,26,27). The highest BCUT2D eigenvalue weighted by molar-refractivity contribution is 5.85. The number of methoxy groups -OCH3 is 1. The molecule has 2 aromatic rings. The van der Waals surface area contributed by atoms with Crippen molar-refractivity contribution >= 4 is 16.7 Å². The Hall–Kier alpha value is -2.15. The number of nitrogens with one attached hydrogen (secondary N) is 1. The number of benzene rings is 2. The first-order valence-electron chi connectivity index (χ1n) is 11.6. The van der Waals surface area contributed by atoms with E-state index in [4.69, 9.17) is 14.5 Å². The van der Waals surface area contributed by atoms with Crippen LogP contribution in [0.4, 0.5) is 0 Å². The molecule has 2 aliphatic rings. The number of aliphatic imine (C=N–C) groups is 1. The Morgan fingerprint density at radius 1 is 1.06 bits per heavy atom. The summed E-state index contributed by atoms with van der Waals surface area (Å²) < 4.78 is 11.4. The van der Waals surface area contributed by atoms with Gasteiger partial charge in [0.25, 0.3) is 0 Å². The largest absolute Gasteiger partial charge is 0.381 e. The summed E-state index contributed by atoms with van der Waals surface area (Å²) in [6.07, 6.45) is 1.82. The van der Waals surface area contributed by atoms with Gasteiger partial charge in [-0.3, -0.25) is 9.89 Å². The predicted octanol–water partition coefficient (Wildman–Crippen LogP) is 3.12. The van der Waals surface area contributed by atoms with Gasteiger partial charge in [-0.25, -0.2) is 0 Å². The van der Waals surface area contributed by atoms with Crippen molar-refractivity contribution < 1.29 is 9.47 Å². The first kappa shape index (κ1) is 22.1. The van der Waals surface area contributed by atoms with Crippen LogP contribution in [0.3, 0.4) is 0 Å². The van der Waals surface area contributed by atoms with Gasteiger partial charge in [0, 0.05) is 72.4 Å². The van der Waals surface area contributed by atoms with E-state index in [9.17, 15) is 0 Å². The Balaban J connectivity index is 1.37. The minimum atomic E-state index is -0.185. The van der Waals surface area contributed by atoms with Gasteiger partial charge in [-0.2, -0.15) is 0 Å². The lowest BCUT2D eigenvalue weighted by Gasteiger charge is -2.38. The van der Waals surface area contributed by atoms with Crippen LogP contribution < -0.4 is 5.32 Å². The summed E-state index contributed by atoms with van der Waals surface area (Å²) in [6.45, 7) is 10.2. The summed E-state index contributed by atoms with van der Waals surface area (Å²) in [6, 6.07) is 15.3. The number of rotatable bonds is 6. The summed E-state index contributed by atoms with van der Waals surface area (Å²) in [5.74, 6) is 1.01. The minimum absolute atomic E-state index is 0.185. The van der Waals surface area contributed by atoms with Gasteiger partial charge < -0.3 is 19.7 Å². The Kier molecular flexibility index (Phi) is 7.43. The number of ether oxygens (including phenoxy) is 2. The number of hydrogen-bond acceptors (Lipinski definition) is 4. The molecule has 2 fully saturated rings. The fraction of sp³-hybridized carbons (Fsp3) is 0.560. The van der Waals surface area contributed by atoms with Gasteiger partial charge in [-0.1, -0.05) is 42.5 Å². The summed E-state index contributed by atoms with van der Waals surface area (Å²) in [5.41, 5.74) is 1.23. The Morgan fingerprint density at radius 2 is 1.81 bits per heavy atom. The molecule has 0 bridgehead atoms. The number of fused-ring (bicyclic) bond motifs is 1. The Labute approximate surface area is 186 Å². The predicted molar refractivity (Wildman–Crippen MR) is 127 cm³/mol. The lowest BCUT2D eigenvalue weighted by Crippen LogP contribution is -2.52. The van der Waals surface area contributed by atoms with Crippen LogP contribution in [0.5, 0.6) is 0 Å². The van der Waals surface area contributed by atoms with Gasteiger partial charge in [-0.15, -0.1) is 0 Å². The molecule has 0 saturated carbocycles. The Morgan fingerprint density at radius 3 is 2.55 bits per heavy atom. The number of piperazine rings is 1. The van der Waals surface area contributed by atoms with E-state index in [0.29, 0.717) is 6.54 Å². The first-order valence-corrected chi connectivity index (χ1v) is 11.6. The van der Waals surface area contributed by atoms with Crippen molar-refractivity contribution in [3.05, 3.63) is 48.0 Å². The number of guanidine groups is 1. The molecule has 31 heavy (non-hydrogen) atoms. The number of nitrogens with zero attached hydrogens (tertiary/aromatic N) is 3. The monoisotopic (exact) mass is 424 g/mol. The second-order valence-corrected chi connectivity index (χ2v) is 8.57. The molecular weight excluding hydrogens is 388 g/mol. The van der Waals surface area contributed by atoms with Crippen LogP contribution in [0.1, 0.15) is 25.3 Å². The fourth-order valence-electron chi connectivity index (χ4n) is 4.60. The lowest BCUT2D eigenvalue weighted by atomic mass is 9.94. The van der Waals surface area contributed by atoms with Crippen LogP contribution in [0, 0.1) is 0 Å². The van der Waals surface area contributed by atoms with Crippen LogP contribution >= 0.6 is 0 Å². The van der Waals surface area contributed by atoms with Crippen LogP contribution in [0.2, 0.25) is 0 Å². The average Bonchev–Trinajstić information content (AvgIpc) is 2.83. The van der Waals surface area contributed by atoms with E-state index in [1.165, 1.54) is 16.3 Å². The number of hydrogen-bond donors (Lipinski definition) is 1. The maximum absolute atomic E-state index is 5.87. The summed E-state index contributed by atoms with van der Waals surface area (Å²) in [4.78, 5) is 9.93. The zero-order valence-electron chi connectivity index (χ0n) is 19.0. The van der Waals surface area contributed by atoms with Gasteiger partial charge in [0.15, 0.2) is 5.96 Å². The normalized spacial score (nSPS) is 20.2. The Bertz CT molecular complexity index is 865. The van der Waals surface area contributed by atoms with E-state index in [1.807, 2.05) is 0 Å². The molecule has 0 unspecified atom stereocenters. The van der Waals surface area contributed by atoms with Crippen LogP contribution in [0.15, 0.2) is 47.5 Å². The lowest BCUT2D eigenvalue weighted by molar-refractivity contribution is -0.0829. The summed E-state index contributed by atoms with van der Waals surface area (Å²) in [5, 5.41) is 6.18. The molecule has 0 amide bonds. The van der Waals surface area contributed by atoms with Crippen molar-refractivity contribution in [2.24, 2.45) is 4.99 Å². The van der Waals surface area contributed by atoms with Crippen molar-refractivity contribution in [2.45, 2.75) is 31.9 Å². The van der Waals surface area contributed by atoms with Crippen LogP contribution in [-0.4, -0.2) is 81.0 Å². The van der Waals surface area contributed by atoms with Gasteiger partial charge in [0.05, 0.1) is 12.1 Å².